The van der Waals surface area contributed by atoms with E-state index in [-0.39, 0.29) is 24.0 Å². The van der Waals surface area contributed by atoms with Crippen LogP contribution in [0.2, 0.25) is 0 Å². The van der Waals surface area contributed by atoms with E-state index in [2.05, 4.69) is 15.5 Å². The maximum Gasteiger partial charge on any atom is 0.266 e. The first-order valence-corrected chi connectivity index (χ1v) is 9.35. The van der Waals surface area contributed by atoms with E-state index >= 15 is 0 Å². The van der Waals surface area contributed by atoms with Crippen LogP contribution in [0.15, 0.2) is 18.2 Å². The maximum absolute atomic E-state index is 13.0. The zero-order valence-electron chi connectivity index (χ0n) is 15.6. The molecule has 1 unspecified atom stereocenters. The van der Waals surface area contributed by atoms with Crippen molar-refractivity contribution in [3.05, 3.63) is 29.3 Å². The average Bonchev–Trinajstić information content (AvgIpc) is 2.86. The minimum atomic E-state index is -0.977. The van der Waals surface area contributed by atoms with E-state index in [4.69, 9.17) is 4.74 Å². The summed E-state index contributed by atoms with van der Waals surface area (Å²) in [5, 5.41) is 5.40. The Morgan fingerprint density at radius 3 is 2.64 bits per heavy atom. The quantitative estimate of drug-likeness (QED) is 0.627. The van der Waals surface area contributed by atoms with Gasteiger partial charge >= 0.3 is 0 Å². The van der Waals surface area contributed by atoms with Crippen LogP contribution in [0, 0.1) is 0 Å². The second-order valence-corrected chi connectivity index (χ2v) is 7.27. The highest BCUT2D eigenvalue weighted by Gasteiger charge is 2.46. The molecule has 1 atom stereocenters. The number of rotatable bonds is 6. The number of piperidine rings is 1. The van der Waals surface area contributed by atoms with Gasteiger partial charge < -0.3 is 10.1 Å². The molecule has 2 fully saturated rings. The number of carbonyl (C=O) groups excluding carboxylic acids is 4. The molecule has 3 aliphatic rings. The molecular weight excluding hydrogens is 364 g/mol. The molecule has 9 nitrogen and oxygen atoms in total. The standard InChI is InChI=1S/C19H22N4O5/c1-22(11-9-20-10-11)7-8-28-14-4-2-3-12-16(14)19(27)23(18(12)26)13-5-6-15(24)21-17(13)25/h2-4,11,13,20H,5-10H2,1H3,(H,21,24,25). The first-order valence-electron chi connectivity index (χ1n) is 9.35. The van der Waals surface area contributed by atoms with Crippen molar-refractivity contribution in [2.75, 3.05) is 33.3 Å². The summed E-state index contributed by atoms with van der Waals surface area (Å²) < 4.78 is 5.82. The number of ether oxygens (including phenoxy) is 1. The Balaban J connectivity index is 1.49. The fourth-order valence-electron chi connectivity index (χ4n) is 3.67. The second-order valence-electron chi connectivity index (χ2n) is 7.27. The van der Waals surface area contributed by atoms with Crippen LogP contribution in [0.1, 0.15) is 33.6 Å². The summed E-state index contributed by atoms with van der Waals surface area (Å²) in [5.41, 5.74) is 0.411. The van der Waals surface area contributed by atoms with Gasteiger partial charge in [0.25, 0.3) is 11.8 Å². The number of imide groups is 2. The molecule has 4 amide bonds. The molecule has 2 saturated heterocycles. The number of carbonyl (C=O) groups is 4. The molecule has 3 heterocycles. The second kappa shape index (κ2) is 7.33. The van der Waals surface area contributed by atoms with E-state index in [9.17, 15) is 19.2 Å². The zero-order valence-corrected chi connectivity index (χ0v) is 15.6. The highest BCUT2D eigenvalue weighted by molar-refractivity contribution is 6.24. The molecule has 0 spiro atoms. The smallest absolute Gasteiger partial charge is 0.266 e. The van der Waals surface area contributed by atoms with Crippen LogP contribution >= 0.6 is 0 Å². The number of hydrogen-bond acceptors (Lipinski definition) is 7. The third-order valence-corrected chi connectivity index (χ3v) is 5.51. The molecular formula is C19H22N4O5. The first-order chi connectivity index (χ1) is 13.5. The first kappa shape index (κ1) is 18.6. The zero-order chi connectivity index (χ0) is 19.8. The van der Waals surface area contributed by atoms with Crippen molar-refractivity contribution >= 4 is 23.6 Å². The lowest BCUT2D eigenvalue weighted by molar-refractivity contribution is -0.136. The van der Waals surface area contributed by atoms with Crippen LogP contribution in [0.3, 0.4) is 0 Å². The summed E-state index contributed by atoms with van der Waals surface area (Å²) in [6, 6.07) is 4.38. The van der Waals surface area contributed by atoms with Crippen molar-refractivity contribution in [1.29, 1.82) is 0 Å². The maximum atomic E-state index is 13.0. The molecule has 2 N–H and O–H groups in total. The Hall–Kier alpha value is -2.78. The van der Waals surface area contributed by atoms with Gasteiger partial charge in [0, 0.05) is 32.1 Å². The van der Waals surface area contributed by atoms with E-state index in [1.807, 2.05) is 7.05 Å². The summed E-state index contributed by atoms with van der Waals surface area (Å²) in [6.45, 7) is 2.97. The molecule has 1 aromatic rings. The minimum Gasteiger partial charge on any atom is -0.491 e. The molecule has 0 bridgehead atoms. The van der Waals surface area contributed by atoms with Crippen molar-refractivity contribution < 1.29 is 23.9 Å². The summed E-state index contributed by atoms with van der Waals surface area (Å²) in [6.07, 6.45) is 0.224. The predicted molar refractivity (Wildman–Crippen MR) is 97.9 cm³/mol. The van der Waals surface area contributed by atoms with Gasteiger partial charge in [-0.2, -0.15) is 0 Å². The predicted octanol–water partition coefficient (Wildman–Crippen LogP) is -0.630. The monoisotopic (exact) mass is 386 g/mol. The van der Waals surface area contributed by atoms with E-state index in [0.29, 0.717) is 24.9 Å². The van der Waals surface area contributed by atoms with Gasteiger partial charge in [-0.1, -0.05) is 6.07 Å². The lowest BCUT2D eigenvalue weighted by Gasteiger charge is -2.35. The summed E-state index contributed by atoms with van der Waals surface area (Å²) in [5.74, 6) is -1.76. The van der Waals surface area contributed by atoms with Crippen LogP contribution in [0.25, 0.3) is 0 Å². The van der Waals surface area contributed by atoms with Crippen LogP contribution in [-0.2, 0) is 9.59 Å². The SMILES string of the molecule is CN(CCOc1cccc2c1C(=O)N(C1CCC(=O)NC1=O)C2=O)C1CNC1. The number of hydrogen-bond donors (Lipinski definition) is 2. The van der Waals surface area contributed by atoms with Gasteiger partial charge in [0.1, 0.15) is 18.4 Å². The lowest BCUT2D eigenvalue weighted by atomic mass is 10.0. The molecule has 28 heavy (non-hydrogen) atoms. The number of benzene rings is 1. The summed E-state index contributed by atoms with van der Waals surface area (Å²) in [4.78, 5) is 52.4. The fraction of sp³-hybridized carbons (Fsp3) is 0.474. The molecule has 0 saturated carbocycles. The molecule has 0 aliphatic carbocycles. The molecule has 4 rings (SSSR count). The van der Waals surface area contributed by atoms with E-state index in [1.54, 1.807) is 18.2 Å². The van der Waals surface area contributed by atoms with Gasteiger partial charge in [-0.05, 0) is 25.6 Å². The largest absolute Gasteiger partial charge is 0.491 e. The van der Waals surface area contributed by atoms with Crippen LogP contribution in [-0.4, -0.2) is 78.8 Å². The van der Waals surface area contributed by atoms with Crippen molar-refractivity contribution in [2.24, 2.45) is 0 Å². The molecule has 148 valence electrons. The van der Waals surface area contributed by atoms with Crippen molar-refractivity contribution in [2.45, 2.75) is 24.9 Å². The van der Waals surface area contributed by atoms with Gasteiger partial charge in [-0.25, -0.2) is 0 Å². The van der Waals surface area contributed by atoms with Crippen molar-refractivity contribution in [3.8, 4) is 5.75 Å². The van der Waals surface area contributed by atoms with Gasteiger partial charge in [-0.15, -0.1) is 0 Å². The molecule has 9 heteroatoms. The van der Waals surface area contributed by atoms with E-state index in [1.165, 1.54) is 0 Å². The molecule has 1 aromatic carbocycles. The average molecular weight is 386 g/mol. The molecule has 0 radical (unpaired) electrons. The van der Waals surface area contributed by atoms with Gasteiger partial charge in [0.05, 0.1) is 11.1 Å². The van der Waals surface area contributed by atoms with Crippen LogP contribution in [0.4, 0.5) is 0 Å². The summed E-state index contributed by atoms with van der Waals surface area (Å²) in [7, 11) is 2.02. The highest BCUT2D eigenvalue weighted by Crippen LogP contribution is 2.33. The van der Waals surface area contributed by atoms with Gasteiger partial charge in [-0.3, -0.25) is 34.3 Å². The number of nitrogens with one attached hydrogen (secondary N) is 2. The van der Waals surface area contributed by atoms with Gasteiger partial charge in [0.2, 0.25) is 11.8 Å². The lowest BCUT2D eigenvalue weighted by Crippen LogP contribution is -2.56. The fourth-order valence-corrected chi connectivity index (χ4v) is 3.67. The van der Waals surface area contributed by atoms with E-state index < -0.39 is 29.7 Å². The summed E-state index contributed by atoms with van der Waals surface area (Å²) >= 11 is 0. The van der Waals surface area contributed by atoms with Crippen LogP contribution < -0.4 is 15.4 Å². The van der Waals surface area contributed by atoms with E-state index in [0.717, 1.165) is 18.0 Å². The normalized spacial score (nSPS) is 22.4. The Kier molecular flexibility index (Phi) is 4.86. The third-order valence-electron chi connectivity index (χ3n) is 5.51. The number of nitrogens with zero attached hydrogens (tertiary/aromatic N) is 2. The van der Waals surface area contributed by atoms with Crippen LogP contribution in [0.5, 0.6) is 5.75 Å². The number of likely N-dealkylation sites (N-methyl/N-ethyl adjacent to an activating group) is 1. The Morgan fingerprint density at radius 2 is 1.96 bits per heavy atom. The third kappa shape index (κ3) is 3.16. The molecule has 3 aliphatic heterocycles. The Morgan fingerprint density at radius 1 is 1.18 bits per heavy atom. The minimum absolute atomic E-state index is 0.0928. The topological polar surface area (TPSA) is 108 Å². The highest BCUT2D eigenvalue weighted by atomic mass is 16.5. The molecule has 0 aromatic heterocycles. The Bertz CT molecular complexity index is 851. The number of amides is 4. The van der Waals surface area contributed by atoms with Crippen molar-refractivity contribution in [3.63, 3.8) is 0 Å². The van der Waals surface area contributed by atoms with Gasteiger partial charge in [0.15, 0.2) is 0 Å². The van der Waals surface area contributed by atoms with Crippen molar-refractivity contribution in [1.82, 2.24) is 20.4 Å². The number of fused-ring (bicyclic) bond motifs is 1. The Labute approximate surface area is 162 Å².